The SMILES string of the molecule is CCN(CC)S(=O)(=O)c1cc(C(=O)N2CCSc3ccc(Cl)cc32)ccc1Cl. The maximum absolute atomic E-state index is 13.2. The Morgan fingerprint density at radius 3 is 2.54 bits per heavy atom. The summed E-state index contributed by atoms with van der Waals surface area (Å²) in [5.74, 6) is 0.468. The van der Waals surface area contributed by atoms with E-state index < -0.39 is 10.0 Å². The van der Waals surface area contributed by atoms with E-state index in [1.165, 1.54) is 16.4 Å². The number of nitrogens with zero attached hydrogens (tertiary/aromatic N) is 2. The molecule has 0 spiro atoms. The zero-order valence-electron chi connectivity index (χ0n) is 15.5. The largest absolute Gasteiger partial charge is 0.306 e. The third-order valence-electron chi connectivity index (χ3n) is 4.53. The lowest BCUT2D eigenvalue weighted by Gasteiger charge is -2.29. The average molecular weight is 459 g/mol. The number of halogens is 2. The van der Waals surface area contributed by atoms with Crippen LogP contribution in [0.1, 0.15) is 24.2 Å². The van der Waals surface area contributed by atoms with Gasteiger partial charge in [0.05, 0.1) is 10.7 Å². The van der Waals surface area contributed by atoms with Crippen LogP contribution in [-0.4, -0.2) is 44.0 Å². The van der Waals surface area contributed by atoms with Crippen LogP contribution in [0.5, 0.6) is 0 Å². The summed E-state index contributed by atoms with van der Waals surface area (Å²) in [7, 11) is -3.78. The van der Waals surface area contributed by atoms with Gasteiger partial charge < -0.3 is 4.90 Å². The monoisotopic (exact) mass is 458 g/mol. The normalized spacial score (nSPS) is 14.2. The second-order valence-electron chi connectivity index (χ2n) is 6.15. The number of fused-ring (bicyclic) bond motifs is 1. The summed E-state index contributed by atoms with van der Waals surface area (Å²) in [6.45, 7) is 4.68. The third kappa shape index (κ3) is 4.04. The molecule has 3 rings (SSSR count). The molecule has 2 aromatic carbocycles. The van der Waals surface area contributed by atoms with Crippen LogP contribution in [0.25, 0.3) is 0 Å². The minimum Gasteiger partial charge on any atom is -0.306 e. The number of rotatable bonds is 5. The standard InChI is InChI=1S/C19H20Cl2N2O3S2/c1-3-22(4-2)28(25,26)18-11-13(5-7-15(18)21)19(24)23-9-10-27-17-8-6-14(20)12-16(17)23/h5-8,11-12H,3-4,9-10H2,1-2H3. The topological polar surface area (TPSA) is 57.7 Å². The molecule has 1 aliphatic heterocycles. The van der Waals surface area contributed by atoms with E-state index in [-0.39, 0.29) is 21.4 Å². The number of anilines is 1. The lowest BCUT2D eigenvalue weighted by Crippen LogP contribution is -2.36. The van der Waals surface area contributed by atoms with Crippen LogP contribution in [0.4, 0.5) is 5.69 Å². The van der Waals surface area contributed by atoms with E-state index in [9.17, 15) is 13.2 Å². The van der Waals surface area contributed by atoms with E-state index in [4.69, 9.17) is 23.2 Å². The van der Waals surface area contributed by atoms with Gasteiger partial charge in [0.15, 0.2) is 0 Å². The second-order valence-corrected chi connectivity index (χ2v) is 10.0. The lowest BCUT2D eigenvalue weighted by molar-refractivity contribution is 0.0987. The molecule has 0 radical (unpaired) electrons. The Bertz CT molecular complexity index is 1010. The maximum atomic E-state index is 13.2. The van der Waals surface area contributed by atoms with Gasteiger partial charge in [-0.1, -0.05) is 37.0 Å². The first-order valence-electron chi connectivity index (χ1n) is 8.83. The summed E-state index contributed by atoms with van der Waals surface area (Å²) in [5.41, 5.74) is 1.00. The summed E-state index contributed by atoms with van der Waals surface area (Å²) in [4.78, 5) is 15.7. The number of hydrogen-bond acceptors (Lipinski definition) is 4. The highest BCUT2D eigenvalue weighted by atomic mass is 35.5. The molecule has 0 saturated heterocycles. The molecule has 28 heavy (non-hydrogen) atoms. The van der Waals surface area contributed by atoms with Crippen molar-refractivity contribution in [2.24, 2.45) is 0 Å². The molecule has 1 amide bonds. The molecule has 5 nitrogen and oxygen atoms in total. The summed E-state index contributed by atoms with van der Waals surface area (Å²) >= 11 is 14.0. The molecule has 0 N–H and O–H groups in total. The van der Waals surface area contributed by atoms with Crippen molar-refractivity contribution in [1.29, 1.82) is 0 Å². The minimum absolute atomic E-state index is 0.0542. The van der Waals surface area contributed by atoms with Crippen molar-refractivity contribution in [2.45, 2.75) is 23.6 Å². The molecule has 0 unspecified atom stereocenters. The quantitative estimate of drug-likeness (QED) is 0.646. The second kappa shape index (κ2) is 8.63. The first-order chi connectivity index (χ1) is 13.3. The molecule has 0 fully saturated rings. The van der Waals surface area contributed by atoms with Crippen molar-refractivity contribution >= 4 is 56.6 Å². The molecule has 0 aliphatic carbocycles. The number of thioether (sulfide) groups is 1. The van der Waals surface area contributed by atoms with Crippen molar-refractivity contribution in [3.8, 4) is 0 Å². The highest BCUT2D eigenvalue weighted by molar-refractivity contribution is 7.99. The Morgan fingerprint density at radius 1 is 1.14 bits per heavy atom. The van der Waals surface area contributed by atoms with Gasteiger partial charge in [0.25, 0.3) is 5.91 Å². The summed E-state index contributed by atoms with van der Waals surface area (Å²) in [6, 6.07) is 9.81. The van der Waals surface area contributed by atoms with Crippen LogP contribution in [0.3, 0.4) is 0 Å². The lowest BCUT2D eigenvalue weighted by atomic mass is 10.1. The third-order valence-corrected chi connectivity index (χ3v) is 8.34. The molecular weight excluding hydrogens is 439 g/mol. The first-order valence-corrected chi connectivity index (χ1v) is 12.0. The minimum atomic E-state index is -3.78. The fraction of sp³-hybridized carbons (Fsp3) is 0.316. The molecule has 0 saturated carbocycles. The molecule has 0 bridgehead atoms. The fourth-order valence-electron chi connectivity index (χ4n) is 3.09. The Morgan fingerprint density at radius 2 is 1.86 bits per heavy atom. The van der Waals surface area contributed by atoms with Crippen molar-refractivity contribution in [2.75, 3.05) is 30.3 Å². The predicted molar refractivity (Wildman–Crippen MR) is 115 cm³/mol. The Balaban J connectivity index is 2.03. The van der Waals surface area contributed by atoms with E-state index in [2.05, 4.69) is 0 Å². The number of benzene rings is 2. The summed E-state index contributed by atoms with van der Waals surface area (Å²) in [5, 5.41) is 0.640. The van der Waals surface area contributed by atoms with E-state index in [1.54, 1.807) is 48.7 Å². The van der Waals surface area contributed by atoms with E-state index >= 15 is 0 Å². The zero-order valence-corrected chi connectivity index (χ0v) is 18.6. The Hall–Kier alpha value is -1.25. The summed E-state index contributed by atoms with van der Waals surface area (Å²) < 4.78 is 27.1. The summed E-state index contributed by atoms with van der Waals surface area (Å²) in [6.07, 6.45) is 0. The van der Waals surface area contributed by atoms with Gasteiger partial charge in [-0.05, 0) is 36.4 Å². The number of sulfonamides is 1. The molecular formula is C19H20Cl2N2O3S2. The van der Waals surface area contributed by atoms with Gasteiger partial charge in [-0.25, -0.2) is 8.42 Å². The molecule has 9 heteroatoms. The smallest absolute Gasteiger partial charge is 0.258 e. The van der Waals surface area contributed by atoms with Crippen molar-refractivity contribution < 1.29 is 13.2 Å². The molecule has 150 valence electrons. The van der Waals surface area contributed by atoms with Gasteiger partial charge in [-0.3, -0.25) is 4.79 Å². The average Bonchev–Trinajstić information content (AvgIpc) is 2.68. The van der Waals surface area contributed by atoms with Gasteiger partial charge in [0, 0.05) is 40.9 Å². The van der Waals surface area contributed by atoms with Gasteiger partial charge in [0.2, 0.25) is 10.0 Å². The molecule has 0 aromatic heterocycles. The molecule has 0 atom stereocenters. The van der Waals surface area contributed by atoms with Crippen LogP contribution >= 0.6 is 35.0 Å². The van der Waals surface area contributed by atoms with Gasteiger partial charge in [-0.15, -0.1) is 11.8 Å². The molecule has 2 aromatic rings. The fourth-order valence-corrected chi connectivity index (χ4v) is 6.19. The Labute approximate surface area is 179 Å². The predicted octanol–water partition coefficient (Wildman–Crippen LogP) is 4.78. The first kappa shape index (κ1) is 21.5. The van der Waals surface area contributed by atoms with Crippen LogP contribution < -0.4 is 4.90 Å². The van der Waals surface area contributed by atoms with Crippen LogP contribution in [0.15, 0.2) is 46.2 Å². The van der Waals surface area contributed by atoms with Crippen molar-refractivity contribution in [3.05, 3.63) is 52.0 Å². The van der Waals surface area contributed by atoms with Crippen LogP contribution in [0, 0.1) is 0 Å². The van der Waals surface area contributed by atoms with E-state index in [0.717, 1.165) is 16.3 Å². The van der Waals surface area contributed by atoms with Gasteiger partial charge in [-0.2, -0.15) is 4.31 Å². The maximum Gasteiger partial charge on any atom is 0.258 e. The highest BCUT2D eigenvalue weighted by Gasteiger charge is 2.28. The van der Waals surface area contributed by atoms with Crippen LogP contribution in [0.2, 0.25) is 10.0 Å². The number of carbonyl (C=O) groups excluding carboxylic acids is 1. The number of amides is 1. The van der Waals surface area contributed by atoms with Crippen molar-refractivity contribution in [1.82, 2.24) is 4.31 Å². The highest BCUT2D eigenvalue weighted by Crippen LogP contribution is 2.37. The van der Waals surface area contributed by atoms with Crippen LogP contribution in [-0.2, 0) is 10.0 Å². The van der Waals surface area contributed by atoms with Crippen molar-refractivity contribution in [3.63, 3.8) is 0 Å². The van der Waals surface area contributed by atoms with Gasteiger partial charge in [0.1, 0.15) is 4.90 Å². The molecule has 1 aliphatic rings. The Kier molecular flexibility index (Phi) is 6.61. The van der Waals surface area contributed by atoms with Gasteiger partial charge >= 0.3 is 0 Å². The number of carbonyl (C=O) groups is 1. The molecule has 1 heterocycles. The zero-order chi connectivity index (χ0) is 20.5. The number of hydrogen-bond donors (Lipinski definition) is 0. The van der Waals surface area contributed by atoms with E-state index in [0.29, 0.717) is 24.7 Å². The van der Waals surface area contributed by atoms with E-state index in [1.807, 2.05) is 6.07 Å².